The molecule has 0 unspecified atom stereocenters. The van der Waals surface area contributed by atoms with E-state index in [1.807, 2.05) is 37.3 Å². The van der Waals surface area contributed by atoms with E-state index < -0.39 is 0 Å². The number of benzene rings is 1. The smallest absolute Gasteiger partial charge is 0.324 e. The number of para-hydroxylation sites is 1. The number of quaternary nitrogens is 1. The van der Waals surface area contributed by atoms with Gasteiger partial charge in [0.15, 0.2) is 6.04 Å². The van der Waals surface area contributed by atoms with Gasteiger partial charge in [-0.25, -0.2) is 4.79 Å². The van der Waals surface area contributed by atoms with Gasteiger partial charge in [0.25, 0.3) is 5.91 Å². The van der Waals surface area contributed by atoms with Gasteiger partial charge in [-0.3, -0.25) is 14.5 Å². The fourth-order valence-electron chi connectivity index (χ4n) is 3.54. The predicted octanol–water partition coefficient (Wildman–Crippen LogP) is -0.140. The number of carbonyl (C=O) groups is 3. The number of anilines is 1. The Morgan fingerprint density at radius 3 is 2.52 bits per heavy atom. The van der Waals surface area contributed by atoms with Crippen LogP contribution in [-0.4, -0.2) is 55.0 Å². The Morgan fingerprint density at radius 2 is 1.92 bits per heavy atom. The van der Waals surface area contributed by atoms with Crippen LogP contribution in [0.4, 0.5) is 10.5 Å². The van der Waals surface area contributed by atoms with Crippen LogP contribution in [0.15, 0.2) is 30.3 Å². The standard InChI is InChI=1S/C18H24N4O3/c1-13(17(24)22-12-9-19-18(22)25)21-10-7-14(8-11-21)16(23)20-15-5-3-2-4-6-15/h2-6,13-14H,7-12H2,1H3,(H,19,25)(H,20,23)/p+1/t13-/m0/s1. The highest BCUT2D eigenvalue weighted by Gasteiger charge is 2.37. The summed E-state index contributed by atoms with van der Waals surface area (Å²) in [4.78, 5) is 39.0. The minimum absolute atomic E-state index is 0.0265. The molecule has 25 heavy (non-hydrogen) atoms. The lowest BCUT2D eigenvalue weighted by atomic mass is 9.94. The van der Waals surface area contributed by atoms with E-state index in [1.54, 1.807) is 0 Å². The molecule has 1 aromatic carbocycles. The Balaban J connectivity index is 1.50. The number of carbonyl (C=O) groups excluding carboxylic acids is 3. The molecule has 3 N–H and O–H groups in total. The van der Waals surface area contributed by atoms with Gasteiger partial charge in [-0.2, -0.15) is 0 Å². The number of amides is 4. The summed E-state index contributed by atoms with van der Waals surface area (Å²) in [5.41, 5.74) is 0.811. The molecule has 7 heteroatoms. The van der Waals surface area contributed by atoms with Crippen molar-refractivity contribution in [3.63, 3.8) is 0 Å². The molecule has 0 spiro atoms. The lowest BCUT2D eigenvalue weighted by Crippen LogP contribution is -3.17. The van der Waals surface area contributed by atoms with Gasteiger partial charge in [0.2, 0.25) is 5.91 Å². The van der Waals surface area contributed by atoms with Crippen molar-refractivity contribution < 1.29 is 19.3 Å². The molecular formula is C18H25N4O3+. The second-order valence-corrected chi connectivity index (χ2v) is 6.73. The molecule has 2 aliphatic rings. The molecule has 0 bridgehead atoms. The summed E-state index contributed by atoms with van der Waals surface area (Å²) in [7, 11) is 0. The molecule has 0 aromatic heterocycles. The monoisotopic (exact) mass is 345 g/mol. The van der Waals surface area contributed by atoms with Gasteiger partial charge in [0, 0.05) is 37.5 Å². The first-order valence-corrected chi connectivity index (χ1v) is 8.86. The third kappa shape index (κ3) is 3.99. The molecule has 0 aliphatic carbocycles. The third-order valence-electron chi connectivity index (χ3n) is 5.15. The first-order valence-electron chi connectivity index (χ1n) is 8.86. The summed E-state index contributed by atoms with van der Waals surface area (Å²) >= 11 is 0. The Bertz CT molecular complexity index is 641. The normalized spacial score (nSPS) is 24.5. The van der Waals surface area contributed by atoms with E-state index in [0.717, 1.165) is 36.5 Å². The number of nitrogens with zero attached hydrogens (tertiary/aromatic N) is 1. The number of nitrogens with one attached hydrogen (secondary N) is 3. The maximum Gasteiger partial charge on any atom is 0.324 e. The van der Waals surface area contributed by atoms with Crippen molar-refractivity contribution in [2.75, 3.05) is 31.5 Å². The first kappa shape index (κ1) is 17.4. The van der Waals surface area contributed by atoms with Gasteiger partial charge in [-0.1, -0.05) is 18.2 Å². The lowest BCUT2D eigenvalue weighted by Gasteiger charge is -2.33. The molecule has 4 amide bonds. The molecule has 1 aromatic rings. The van der Waals surface area contributed by atoms with Crippen LogP contribution in [0, 0.1) is 5.92 Å². The van der Waals surface area contributed by atoms with Crippen molar-refractivity contribution in [1.29, 1.82) is 0 Å². The number of imide groups is 1. The fraction of sp³-hybridized carbons (Fsp3) is 0.500. The largest absolute Gasteiger partial charge is 0.336 e. The molecule has 0 saturated carbocycles. The van der Waals surface area contributed by atoms with Crippen LogP contribution in [0.5, 0.6) is 0 Å². The predicted molar refractivity (Wildman–Crippen MR) is 93.1 cm³/mol. The molecule has 2 saturated heterocycles. The van der Waals surface area contributed by atoms with Gasteiger partial charge in [0.05, 0.1) is 13.1 Å². The zero-order valence-electron chi connectivity index (χ0n) is 14.5. The van der Waals surface area contributed by atoms with Crippen molar-refractivity contribution in [3.05, 3.63) is 30.3 Å². The number of likely N-dealkylation sites (tertiary alicyclic amines) is 1. The van der Waals surface area contributed by atoms with E-state index in [1.165, 1.54) is 4.90 Å². The molecular weight excluding hydrogens is 320 g/mol. The van der Waals surface area contributed by atoms with Gasteiger partial charge in [-0.05, 0) is 19.1 Å². The van der Waals surface area contributed by atoms with Crippen LogP contribution in [0.3, 0.4) is 0 Å². The summed E-state index contributed by atoms with van der Waals surface area (Å²) in [6, 6.07) is 8.89. The second-order valence-electron chi connectivity index (χ2n) is 6.73. The number of rotatable bonds is 4. The highest BCUT2D eigenvalue weighted by atomic mass is 16.2. The first-order chi connectivity index (χ1) is 12.1. The van der Waals surface area contributed by atoms with Crippen molar-refractivity contribution >= 4 is 23.5 Å². The number of piperidine rings is 1. The quantitative estimate of drug-likeness (QED) is 0.710. The summed E-state index contributed by atoms with van der Waals surface area (Å²) in [6.07, 6.45) is 1.50. The molecule has 1 atom stereocenters. The van der Waals surface area contributed by atoms with E-state index in [-0.39, 0.29) is 29.8 Å². The fourth-order valence-corrected chi connectivity index (χ4v) is 3.54. The third-order valence-corrected chi connectivity index (χ3v) is 5.15. The average molecular weight is 345 g/mol. The summed E-state index contributed by atoms with van der Waals surface area (Å²) in [5, 5.41) is 5.61. The van der Waals surface area contributed by atoms with Crippen LogP contribution in [0.25, 0.3) is 0 Å². The Kier molecular flexibility index (Phi) is 5.33. The summed E-state index contributed by atoms with van der Waals surface area (Å²) in [5.74, 6) is -0.110. The summed E-state index contributed by atoms with van der Waals surface area (Å²) < 4.78 is 0. The molecule has 3 rings (SSSR count). The number of hydrogen-bond acceptors (Lipinski definition) is 3. The van der Waals surface area contributed by atoms with E-state index >= 15 is 0 Å². The average Bonchev–Trinajstić information content (AvgIpc) is 3.07. The highest BCUT2D eigenvalue weighted by molar-refractivity contribution is 5.97. The van der Waals surface area contributed by atoms with E-state index in [4.69, 9.17) is 0 Å². The van der Waals surface area contributed by atoms with Gasteiger partial charge in [-0.15, -0.1) is 0 Å². The number of hydrogen-bond donors (Lipinski definition) is 3. The summed E-state index contributed by atoms with van der Waals surface area (Å²) in [6.45, 7) is 4.35. The minimum atomic E-state index is -0.298. The van der Waals surface area contributed by atoms with Gasteiger partial charge >= 0.3 is 6.03 Å². The highest BCUT2D eigenvalue weighted by Crippen LogP contribution is 2.14. The number of urea groups is 1. The van der Waals surface area contributed by atoms with Gasteiger partial charge < -0.3 is 15.5 Å². The second kappa shape index (κ2) is 7.65. The van der Waals surface area contributed by atoms with Crippen LogP contribution < -0.4 is 15.5 Å². The van der Waals surface area contributed by atoms with Crippen molar-refractivity contribution in [1.82, 2.24) is 10.2 Å². The van der Waals surface area contributed by atoms with Crippen LogP contribution in [-0.2, 0) is 9.59 Å². The van der Waals surface area contributed by atoms with E-state index in [0.29, 0.717) is 13.1 Å². The Labute approximate surface area is 147 Å². The zero-order chi connectivity index (χ0) is 17.8. The molecule has 134 valence electrons. The minimum Gasteiger partial charge on any atom is -0.336 e. The van der Waals surface area contributed by atoms with E-state index in [2.05, 4.69) is 10.6 Å². The maximum atomic E-state index is 12.5. The maximum absolute atomic E-state index is 12.5. The SMILES string of the molecule is C[C@@H](C(=O)N1CCNC1=O)[NH+]1CCC(C(=O)Nc2ccccc2)CC1. The zero-order valence-corrected chi connectivity index (χ0v) is 14.5. The molecule has 2 heterocycles. The lowest BCUT2D eigenvalue weighted by molar-refractivity contribution is -0.919. The van der Waals surface area contributed by atoms with Crippen LogP contribution in [0.2, 0.25) is 0 Å². The van der Waals surface area contributed by atoms with Gasteiger partial charge in [0.1, 0.15) is 0 Å². The molecule has 2 aliphatic heterocycles. The van der Waals surface area contributed by atoms with Crippen LogP contribution >= 0.6 is 0 Å². The Hall–Kier alpha value is -2.41. The molecule has 7 nitrogen and oxygen atoms in total. The van der Waals surface area contributed by atoms with Crippen molar-refractivity contribution in [2.24, 2.45) is 5.92 Å². The molecule has 0 radical (unpaired) electrons. The van der Waals surface area contributed by atoms with Crippen LogP contribution in [0.1, 0.15) is 19.8 Å². The molecule has 2 fully saturated rings. The topological polar surface area (TPSA) is 83.0 Å². The Morgan fingerprint density at radius 1 is 1.24 bits per heavy atom. The van der Waals surface area contributed by atoms with Crippen molar-refractivity contribution in [2.45, 2.75) is 25.8 Å². The van der Waals surface area contributed by atoms with Crippen molar-refractivity contribution in [3.8, 4) is 0 Å². The van der Waals surface area contributed by atoms with E-state index in [9.17, 15) is 14.4 Å².